The number of nitrogens with one attached hydrogen (secondary N) is 1. The highest BCUT2D eigenvalue weighted by Crippen LogP contribution is 2.12. The average Bonchev–Trinajstić information content (AvgIpc) is 2.68. The Morgan fingerprint density at radius 2 is 2.24 bits per heavy atom. The van der Waals surface area contributed by atoms with Gasteiger partial charge in [0.2, 0.25) is 0 Å². The molecule has 1 amide bonds. The van der Waals surface area contributed by atoms with Gasteiger partial charge in [-0.05, 0) is 12.5 Å². The summed E-state index contributed by atoms with van der Waals surface area (Å²) in [5.41, 5.74) is 1.15. The summed E-state index contributed by atoms with van der Waals surface area (Å²) in [7, 11) is 1.76. The lowest BCUT2D eigenvalue weighted by Crippen LogP contribution is -2.36. The number of aromatic nitrogens is 2. The van der Waals surface area contributed by atoms with E-state index in [4.69, 9.17) is 5.11 Å². The predicted molar refractivity (Wildman–Crippen MR) is 65.8 cm³/mol. The number of carbonyl (C=O) groups excluding carboxylic acids is 1. The molecule has 0 bridgehead atoms. The van der Waals surface area contributed by atoms with Crippen LogP contribution in [0.3, 0.4) is 0 Å². The van der Waals surface area contributed by atoms with Crippen LogP contribution in [0.5, 0.6) is 0 Å². The number of carbonyl (C=O) groups is 1. The Balaban J connectivity index is 2.67. The standard InChI is InChI=1S/C12H21N3O2/c1-5-9-6-10(15(4)14-9)11(17)13-7-12(2,3)8-16/h6,16H,5,7-8H2,1-4H3,(H,13,17). The molecule has 0 saturated heterocycles. The molecule has 0 aliphatic rings. The molecule has 0 aliphatic carbocycles. The zero-order valence-electron chi connectivity index (χ0n) is 10.9. The number of amides is 1. The second-order valence-corrected chi connectivity index (χ2v) is 5.00. The van der Waals surface area contributed by atoms with Crippen LogP contribution >= 0.6 is 0 Å². The number of nitrogens with zero attached hydrogens (tertiary/aromatic N) is 2. The minimum Gasteiger partial charge on any atom is -0.396 e. The molecule has 0 radical (unpaired) electrons. The second kappa shape index (κ2) is 5.31. The van der Waals surface area contributed by atoms with Crippen LogP contribution in [0.15, 0.2) is 6.07 Å². The summed E-state index contributed by atoms with van der Waals surface area (Å²) in [4.78, 5) is 11.9. The van der Waals surface area contributed by atoms with E-state index in [9.17, 15) is 4.79 Å². The van der Waals surface area contributed by atoms with Crippen LogP contribution in [0.2, 0.25) is 0 Å². The average molecular weight is 239 g/mol. The first-order chi connectivity index (χ1) is 7.89. The highest BCUT2D eigenvalue weighted by molar-refractivity contribution is 5.92. The number of aliphatic hydroxyl groups excluding tert-OH is 1. The van der Waals surface area contributed by atoms with Crippen LogP contribution in [0.1, 0.15) is 37.0 Å². The molecule has 0 aromatic carbocycles. The second-order valence-electron chi connectivity index (χ2n) is 5.00. The fraction of sp³-hybridized carbons (Fsp3) is 0.667. The summed E-state index contributed by atoms with van der Waals surface area (Å²) in [5.74, 6) is -0.152. The molecule has 17 heavy (non-hydrogen) atoms. The van der Waals surface area contributed by atoms with Crippen molar-refractivity contribution in [3.63, 3.8) is 0 Å². The van der Waals surface area contributed by atoms with Crippen molar-refractivity contribution in [3.05, 3.63) is 17.5 Å². The molecule has 2 N–H and O–H groups in total. The zero-order chi connectivity index (χ0) is 13.1. The van der Waals surface area contributed by atoms with Gasteiger partial charge in [-0.25, -0.2) is 0 Å². The summed E-state index contributed by atoms with van der Waals surface area (Å²) in [5, 5.41) is 16.1. The maximum atomic E-state index is 11.9. The van der Waals surface area contributed by atoms with Gasteiger partial charge in [-0.1, -0.05) is 20.8 Å². The number of aliphatic hydroxyl groups is 1. The Bertz CT molecular complexity index is 396. The molecular weight excluding hydrogens is 218 g/mol. The maximum absolute atomic E-state index is 11.9. The topological polar surface area (TPSA) is 67.2 Å². The van der Waals surface area contributed by atoms with Crippen molar-refractivity contribution in [3.8, 4) is 0 Å². The van der Waals surface area contributed by atoms with Crippen LogP contribution in [0.25, 0.3) is 0 Å². The summed E-state index contributed by atoms with van der Waals surface area (Å²) >= 11 is 0. The zero-order valence-corrected chi connectivity index (χ0v) is 10.9. The normalized spacial score (nSPS) is 11.6. The van der Waals surface area contributed by atoms with Gasteiger partial charge in [0, 0.05) is 25.6 Å². The summed E-state index contributed by atoms with van der Waals surface area (Å²) in [6, 6.07) is 1.79. The molecule has 1 aromatic heterocycles. The molecule has 5 nitrogen and oxygen atoms in total. The molecule has 1 aromatic rings. The summed E-state index contributed by atoms with van der Waals surface area (Å²) in [6.45, 7) is 6.27. The maximum Gasteiger partial charge on any atom is 0.269 e. The lowest BCUT2D eigenvalue weighted by Gasteiger charge is -2.21. The highest BCUT2D eigenvalue weighted by atomic mass is 16.3. The van der Waals surface area contributed by atoms with E-state index in [1.807, 2.05) is 20.8 Å². The molecule has 1 rings (SSSR count). The van der Waals surface area contributed by atoms with Crippen LogP contribution in [-0.2, 0) is 13.5 Å². The van der Waals surface area contributed by atoms with E-state index in [1.54, 1.807) is 17.8 Å². The Morgan fingerprint density at radius 3 is 2.71 bits per heavy atom. The van der Waals surface area contributed by atoms with E-state index < -0.39 is 0 Å². The number of aryl methyl sites for hydroxylation is 2. The van der Waals surface area contributed by atoms with Gasteiger partial charge in [0.25, 0.3) is 5.91 Å². The van der Waals surface area contributed by atoms with E-state index in [0.29, 0.717) is 12.2 Å². The lowest BCUT2D eigenvalue weighted by atomic mass is 9.95. The van der Waals surface area contributed by atoms with E-state index in [0.717, 1.165) is 12.1 Å². The fourth-order valence-electron chi connectivity index (χ4n) is 1.38. The van der Waals surface area contributed by atoms with E-state index in [2.05, 4.69) is 10.4 Å². The van der Waals surface area contributed by atoms with Crippen molar-refractivity contribution in [2.75, 3.05) is 13.2 Å². The first-order valence-corrected chi connectivity index (χ1v) is 5.81. The van der Waals surface area contributed by atoms with Gasteiger partial charge < -0.3 is 10.4 Å². The number of rotatable bonds is 5. The molecular formula is C12H21N3O2. The number of hydrogen-bond donors (Lipinski definition) is 2. The largest absolute Gasteiger partial charge is 0.396 e. The quantitative estimate of drug-likeness (QED) is 0.796. The summed E-state index contributed by atoms with van der Waals surface area (Å²) in [6.07, 6.45) is 0.809. The van der Waals surface area contributed by atoms with Gasteiger partial charge in [0.1, 0.15) is 5.69 Å². The fourth-order valence-corrected chi connectivity index (χ4v) is 1.38. The van der Waals surface area contributed by atoms with Crippen LogP contribution < -0.4 is 5.32 Å². The molecule has 0 spiro atoms. The van der Waals surface area contributed by atoms with Crippen molar-refractivity contribution in [2.24, 2.45) is 12.5 Å². The van der Waals surface area contributed by atoms with E-state index in [1.165, 1.54) is 0 Å². The molecule has 5 heteroatoms. The Kier molecular flexibility index (Phi) is 4.28. The van der Waals surface area contributed by atoms with Crippen molar-refractivity contribution >= 4 is 5.91 Å². The van der Waals surface area contributed by atoms with Crippen molar-refractivity contribution in [2.45, 2.75) is 27.2 Å². The molecule has 0 saturated carbocycles. The molecule has 96 valence electrons. The van der Waals surface area contributed by atoms with Crippen molar-refractivity contribution < 1.29 is 9.90 Å². The third-order valence-corrected chi connectivity index (χ3v) is 2.68. The van der Waals surface area contributed by atoms with Gasteiger partial charge in [0.05, 0.1) is 5.69 Å². The third-order valence-electron chi connectivity index (χ3n) is 2.68. The van der Waals surface area contributed by atoms with Gasteiger partial charge in [-0.15, -0.1) is 0 Å². The Hall–Kier alpha value is -1.36. The molecule has 0 unspecified atom stereocenters. The van der Waals surface area contributed by atoms with Gasteiger partial charge in [0.15, 0.2) is 0 Å². The van der Waals surface area contributed by atoms with Gasteiger partial charge in [-0.3, -0.25) is 9.48 Å². The minimum atomic E-state index is -0.304. The Labute approximate surface area is 102 Å². The van der Waals surface area contributed by atoms with E-state index >= 15 is 0 Å². The summed E-state index contributed by atoms with van der Waals surface area (Å²) < 4.78 is 1.58. The first kappa shape index (κ1) is 13.7. The monoisotopic (exact) mass is 239 g/mol. The first-order valence-electron chi connectivity index (χ1n) is 5.81. The Morgan fingerprint density at radius 1 is 1.59 bits per heavy atom. The van der Waals surface area contributed by atoms with Crippen LogP contribution in [-0.4, -0.2) is 33.9 Å². The SMILES string of the molecule is CCc1cc(C(=O)NCC(C)(C)CO)n(C)n1. The lowest BCUT2D eigenvalue weighted by molar-refractivity contribution is 0.0902. The van der Waals surface area contributed by atoms with Gasteiger partial charge in [-0.2, -0.15) is 5.10 Å². The smallest absolute Gasteiger partial charge is 0.269 e. The van der Waals surface area contributed by atoms with Crippen LogP contribution in [0, 0.1) is 5.41 Å². The van der Waals surface area contributed by atoms with Crippen molar-refractivity contribution in [1.29, 1.82) is 0 Å². The molecule has 0 aliphatic heterocycles. The number of hydrogen-bond acceptors (Lipinski definition) is 3. The van der Waals surface area contributed by atoms with Crippen LogP contribution in [0.4, 0.5) is 0 Å². The molecule has 0 atom stereocenters. The van der Waals surface area contributed by atoms with Gasteiger partial charge >= 0.3 is 0 Å². The van der Waals surface area contributed by atoms with E-state index in [-0.39, 0.29) is 17.9 Å². The third kappa shape index (κ3) is 3.56. The highest BCUT2D eigenvalue weighted by Gasteiger charge is 2.19. The minimum absolute atomic E-state index is 0.0406. The van der Waals surface area contributed by atoms with Crippen molar-refractivity contribution in [1.82, 2.24) is 15.1 Å². The predicted octanol–water partition coefficient (Wildman–Crippen LogP) is 0.731. The molecule has 0 fully saturated rings. The molecule has 1 heterocycles.